The van der Waals surface area contributed by atoms with Gasteiger partial charge in [0.05, 0.1) is 23.3 Å². The monoisotopic (exact) mass is 254 g/mol. The number of nitrogens with zero attached hydrogens (tertiary/aromatic N) is 1. The van der Waals surface area contributed by atoms with Crippen LogP contribution in [0, 0.1) is 21.8 Å². The molecular formula is C12H15FN2O3. The second kappa shape index (κ2) is 5.77. The maximum absolute atomic E-state index is 13.6. The van der Waals surface area contributed by atoms with Crippen LogP contribution >= 0.6 is 0 Å². The van der Waals surface area contributed by atoms with Crippen LogP contribution in [-0.4, -0.2) is 24.7 Å². The highest BCUT2D eigenvalue weighted by Crippen LogP contribution is 2.21. The Balaban J connectivity index is 1.94. The molecule has 1 atom stereocenters. The Morgan fingerprint density at radius 2 is 2.39 bits per heavy atom. The van der Waals surface area contributed by atoms with Crippen LogP contribution in [-0.2, 0) is 4.74 Å². The van der Waals surface area contributed by atoms with Gasteiger partial charge in [0, 0.05) is 19.2 Å². The van der Waals surface area contributed by atoms with Gasteiger partial charge in [0.1, 0.15) is 0 Å². The first kappa shape index (κ1) is 12.8. The van der Waals surface area contributed by atoms with Crippen molar-refractivity contribution in [1.29, 1.82) is 0 Å². The minimum absolute atomic E-state index is 0.237. The zero-order chi connectivity index (χ0) is 13.0. The van der Waals surface area contributed by atoms with E-state index >= 15 is 0 Å². The van der Waals surface area contributed by atoms with Crippen molar-refractivity contribution in [2.45, 2.75) is 12.8 Å². The zero-order valence-corrected chi connectivity index (χ0v) is 9.89. The third kappa shape index (κ3) is 3.16. The molecule has 0 saturated carbocycles. The highest BCUT2D eigenvalue weighted by atomic mass is 19.1. The van der Waals surface area contributed by atoms with E-state index in [1.165, 1.54) is 12.1 Å². The first-order valence-electron chi connectivity index (χ1n) is 5.92. The maximum Gasteiger partial charge on any atom is 0.272 e. The number of nitro groups is 1. The molecule has 1 N–H and O–H groups in total. The predicted molar refractivity (Wildman–Crippen MR) is 65.1 cm³/mol. The number of non-ortho nitro benzene ring substituents is 1. The number of anilines is 1. The molecule has 6 heteroatoms. The molecule has 98 valence electrons. The number of nitro benzene ring substituents is 1. The molecule has 0 radical (unpaired) electrons. The highest BCUT2D eigenvalue weighted by molar-refractivity contribution is 5.50. The summed E-state index contributed by atoms with van der Waals surface area (Å²) in [7, 11) is 0. The summed E-state index contributed by atoms with van der Waals surface area (Å²) in [5, 5.41) is 13.4. The van der Waals surface area contributed by atoms with Crippen molar-refractivity contribution in [3.05, 3.63) is 34.1 Å². The van der Waals surface area contributed by atoms with Crippen LogP contribution in [0.3, 0.4) is 0 Å². The van der Waals surface area contributed by atoms with E-state index < -0.39 is 10.7 Å². The van der Waals surface area contributed by atoms with E-state index in [0.717, 1.165) is 25.5 Å². The Morgan fingerprint density at radius 3 is 3.00 bits per heavy atom. The van der Waals surface area contributed by atoms with Gasteiger partial charge in [-0.1, -0.05) is 0 Å². The fourth-order valence-electron chi connectivity index (χ4n) is 1.98. The smallest absolute Gasteiger partial charge is 0.272 e. The summed E-state index contributed by atoms with van der Waals surface area (Å²) in [6, 6.07) is 3.62. The Kier molecular flexibility index (Phi) is 4.09. The second-order valence-electron chi connectivity index (χ2n) is 4.39. The molecule has 1 aromatic rings. The summed E-state index contributed by atoms with van der Waals surface area (Å²) >= 11 is 0. The lowest BCUT2D eigenvalue weighted by atomic mass is 10.0. The number of nitrogens with one attached hydrogen (secondary N) is 1. The van der Waals surface area contributed by atoms with Crippen LogP contribution in [0.1, 0.15) is 12.8 Å². The van der Waals surface area contributed by atoms with Crippen molar-refractivity contribution in [2.75, 3.05) is 25.1 Å². The van der Waals surface area contributed by atoms with Crippen LogP contribution in [0.5, 0.6) is 0 Å². The zero-order valence-electron chi connectivity index (χ0n) is 9.89. The minimum atomic E-state index is -0.609. The van der Waals surface area contributed by atoms with Gasteiger partial charge in [0.15, 0.2) is 5.82 Å². The summed E-state index contributed by atoms with van der Waals surface area (Å²) in [4.78, 5) is 9.86. The molecule has 0 amide bonds. The number of rotatable bonds is 4. The molecule has 0 aromatic heterocycles. The van der Waals surface area contributed by atoms with Crippen LogP contribution in [0.2, 0.25) is 0 Å². The molecule has 1 saturated heterocycles. The Labute approximate surface area is 104 Å². The van der Waals surface area contributed by atoms with E-state index in [4.69, 9.17) is 4.74 Å². The molecule has 1 unspecified atom stereocenters. The van der Waals surface area contributed by atoms with Gasteiger partial charge in [-0.25, -0.2) is 4.39 Å². The fourth-order valence-corrected chi connectivity index (χ4v) is 1.98. The predicted octanol–water partition coefficient (Wildman–Crippen LogP) is 2.57. The standard InChI is InChI=1S/C12H15FN2O3/c13-11-6-10(15(16)17)3-4-12(11)14-7-9-2-1-5-18-8-9/h3-4,6,9,14H,1-2,5,7-8H2. The third-order valence-corrected chi connectivity index (χ3v) is 3.00. The Bertz CT molecular complexity index is 433. The summed E-state index contributed by atoms with van der Waals surface area (Å²) in [6.45, 7) is 2.10. The van der Waals surface area contributed by atoms with Gasteiger partial charge in [-0.2, -0.15) is 0 Å². The van der Waals surface area contributed by atoms with Crippen molar-refractivity contribution in [3.8, 4) is 0 Å². The highest BCUT2D eigenvalue weighted by Gasteiger charge is 2.15. The average molecular weight is 254 g/mol. The van der Waals surface area contributed by atoms with Crippen molar-refractivity contribution in [3.63, 3.8) is 0 Å². The maximum atomic E-state index is 13.6. The fraction of sp³-hybridized carbons (Fsp3) is 0.500. The van der Waals surface area contributed by atoms with Gasteiger partial charge >= 0.3 is 0 Å². The van der Waals surface area contributed by atoms with Gasteiger partial charge < -0.3 is 10.1 Å². The van der Waals surface area contributed by atoms with E-state index in [-0.39, 0.29) is 5.69 Å². The minimum Gasteiger partial charge on any atom is -0.382 e. The molecule has 1 aliphatic heterocycles. The summed E-state index contributed by atoms with van der Waals surface area (Å²) in [5.41, 5.74) is 0.0604. The first-order chi connectivity index (χ1) is 8.66. The lowest BCUT2D eigenvalue weighted by Gasteiger charge is -2.22. The van der Waals surface area contributed by atoms with Crippen LogP contribution in [0.15, 0.2) is 18.2 Å². The molecule has 1 heterocycles. The Hall–Kier alpha value is -1.69. The lowest BCUT2D eigenvalue weighted by Crippen LogP contribution is -2.24. The third-order valence-electron chi connectivity index (χ3n) is 3.00. The van der Waals surface area contributed by atoms with Crippen molar-refractivity contribution in [2.24, 2.45) is 5.92 Å². The molecule has 5 nitrogen and oxygen atoms in total. The molecule has 2 rings (SSSR count). The van der Waals surface area contributed by atoms with Gasteiger partial charge in [-0.15, -0.1) is 0 Å². The van der Waals surface area contributed by atoms with Crippen LogP contribution in [0.25, 0.3) is 0 Å². The topological polar surface area (TPSA) is 64.4 Å². The molecular weight excluding hydrogens is 239 g/mol. The summed E-state index contributed by atoms with van der Waals surface area (Å²) < 4.78 is 18.9. The van der Waals surface area contributed by atoms with Crippen molar-refractivity contribution >= 4 is 11.4 Å². The van der Waals surface area contributed by atoms with Gasteiger partial charge in [0.2, 0.25) is 0 Å². The van der Waals surface area contributed by atoms with Gasteiger partial charge in [0.25, 0.3) is 5.69 Å². The number of hydrogen-bond acceptors (Lipinski definition) is 4. The molecule has 18 heavy (non-hydrogen) atoms. The number of hydrogen-bond donors (Lipinski definition) is 1. The normalized spacial score (nSPS) is 19.5. The van der Waals surface area contributed by atoms with E-state index in [2.05, 4.69) is 5.32 Å². The van der Waals surface area contributed by atoms with Crippen molar-refractivity contribution in [1.82, 2.24) is 0 Å². The second-order valence-corrected chi connectivity index (χ2v) is 4.39. The molecule has 0 bridgehead atoms. The number of benzene rings is 1. The summed E-state index contributed by atoms with van der Waals surface area (Å²) in [5.74, 6) is -0.228. The lowest BCUT2D eigenvalue weighted by molar-refractivity contribution is -0.385. The first-order valence-corrected chi connectivity index (χ1v) is 5.92. The van der Waals surface area contributed by atoms with Crippen molar-refractivity contribution < 1.29 is 14.1 Å². The quantitative estimate of drug-likeness (QED) is 0.662. The van der Waals surface area contributed by atoms with E-state index in [9.17, 15) is 14.5 Å². The molecule has 1 fully saturated rings. The van der Waals surface area contributed by atoms with E-state index in [0.29, 0.717) is 24.8 Å². The molecule has 1 aromatic carbocycles. The molecule has 1 aliphatic rings. The average Bonchev–Trinajstić information content (AvgIpc) is 2.38. The number of halogens is 1. The van der Waals surface area contributed by atoms with Gasteiger partial charge in [-0.3, -0.25) is 10.1 Å². The van der Waals surface area contributed by atoms with Crippen LogP contribution < -0.4 is 5.32 Å². The van der Waals surface area contributed by atoms with Gasteiger partial charge in [-0.05, 0) is 24.8 Å². The molecule has 0 spiro atoms. The van der Waals surface area contributed by atoms with Crippen LogP contribution in [0.4, 0.5) is 15.8 Å². The Morgan fingerprint density at radius 1 is 1.56 bits per heavy atom. The largest absolute Gasteiger partial charge is 0.382 e. The molecule has 0 aliphatic carbocycles. The SMILES string of the molecule is O=[N+]([O-])c1ccc(NCC2CCCOC2)c(F)c1. The summed E-state index contributed by atoms with van der Waals surface area (Å²) in [6.07, 6.45) is 2.08. The van der Waals surface area contributed by atoms with E-state index in [1.54, 1.807) is 0 Å². The van der Waals surface area contributed by atoms with E-state index in [1.807, 2.05) is 0 Å². The number of ether oxygens (including phenoxy) is 1.